The number of likely N-dealkylation sites (tertiary alicyclic amines) is 1. The zero-order valence-electron chi connectivity index (χ0n) is 14.9. The number of ether oxygens (including phenoxy) is 1. The summed E-state index contributed by atoms with van der Waals surface area (Å²) in [6.07, 6.45) is 1.70. The van der Waals surface area contributed by atoms with Crippen LogP contribution in [0.4, 0.5) is 0 Å². The van der Waals surface area contributed by atoms with E-state index in [2.05, 4.69) is 42.2 Å². The molecule has 4 heteroatoms. The zero-order chi connectivity index (χ0) is 16.8. The lowest BCUT2D eigenvalue weighted by molar-refractivity contribution is -0.144. The van der Waals surface area contributed by atoms with Crippen LogP contribution in [0.2, 0.25) is 0 Å². The summed E-state index contributed by atoms with van der Waals surface area (Å²) in [7, 11) is 1.92. The Morgan fingerprint density at radius 1 is 1.39 bits per heavy atom. The molecule has 1 amide bonds. The molecule has 1 aliphatic rings. The van der Waals surface area contributed by atoms with Gasteiger partial charge in [0, 0.05) is 38.8 Å². The minimum Gasteiger partial charge on any atom is -0.369 e. The van der Waals surface area contributed by atoms with E-state index in [1.165, 1.54) is 5.56 Å². The topological polar surface area (TPSA) is 32.8 Å². The van der Waals surface area contributed by atoms with Crippen molar-refractivity contribution in [3.63, 3.8) is 0 Å². The molecule has 0 bridgehead atoms. The molecular weight excluding hydrogens is 288 g/mol. The maximum Gasteiger partial charge on any atom is 0.251 e. The Balaban J connectivity index is 1.89. The van der Waals surface area contributed by atoms with Crippen LogP contribution in [-0.2, 0) is 16.1 Å². The Morgan fingerprint density at radius 2 is 2.09 bits per heavy atom. The summed E-state index contributed by atoms with van der Waals surface area (Å²) in [5.41, 5.74) is 1.35. The fraction of sp³-hybridized carbons (Fsp3) is 0.632. The predicted molar refractivity (Wildman–Crippen MR) is 93.2 cm³/mol. The van der Waals surface area contributed by atoms with E-state index in [9.17, 15) is 4.79 Å². The molecule has 1 aliphatic heterocycles. The van der Waals surface area contributed by atoms with Gasteiger partial charge in [-0.05, 0) is 39.2 Å². The first-order chi connectivity index (χ1) is 11.0. The molecule has 2 rings (SSSR count). The highest BCUT2D eigenvalue weighted by Crippen LogP contribution is 2.23. The van der Waals surface area contributed by atoms with Crippen molar-refractivity contribution >= 4 is 5.91 Å². The molecule has 0 aromatic heterocycles. The molecule has 1 heterocycles. The average Bonchev–Trinajstić information content (AvgIpc) is 2.56. The molecule has 3 atom stereocenters. The number of hydrogen-bond donors (Lipinski definition) is 0. The van der Waals surface area contributed by atoms with Crippen LogP contribution < -0.4 is 0 Å². The summed E-state index contributed by atoms with van der Waals surface area (Å²) < 4.78 is 5.44. The van der Waals surface area contributed by atoms with Crippen molar-refractivity contribution in [2.75, 3.05) is 20.2 Å². The largest absolute Gasteiger partial charge is 0.369 e. The van der Waals surface area contributed by atoms with Gasteiger partial charge < -0.3 is 9.64 Å². The van der Waals surface area contributed by atoms with Gasteiger partial charge in [-0.15, -0.1) is 0 Å². The van der Waals surface area contributed by atoms with Gasteiger partial charge in [0.15, 0.2) is 0 Å². The highest BCUT2D eigenvalue weighted by atomic mass is 16.5. The van der Waals surface area contributed by atoms with Gasteiger partial charge in [0.25, 0.3) is 5.91 Å². The van der Waals surface area contributed by atoms with Crippen molar-refractivity contribution in [1.82, 2.24) is 9.80 Å². The highest BCUT2D eigenvalue weighted by Gasteiger charge is 2.31. The second kappa shape index (κ2) is 8.46. The molecule has 23 heavy (non-hydrogen) atoms. The number of piperidine rings is 1. The summed E-state index contributed by atoms with van der Waals surface area (Å²) in [6, 6.07) is 11.4. The SMILES string of the molecule is CCOC(C)C(=O)N(C)C1CCN(Cc2ccccc2)C(C)C1. The fourth-order valence-corrected chi connectivity index (χ4v) is 3.39. The molecule has 128 valence electrons. The molecule has 1 saturated heterocycles. The Hall–Kier alpha value is -1.39. The molecule has 1 fully saturated rings. The smallest absolute Gasteiger partial charge is 0.251 e. The average molecular weight is 318 g/mol. The van der Waals surface area contributed by atoms with E-state index in [0.29, 0.717) is 18.7 Å². The number of nitrogens with zero attached hydrogens (tertiary/aromatic N) is 2. The molecule has 1 aromatic rings. The number of hydrogen-bond acceptors (Lipinski definition) is 3. The van der Waals surface area contributed by atoms with Crippen LogP contribution in [-0.4, -0.2) is 54.1 Å². The number of likely N-dealkylation sites (N-methyl/N-ethyl adjacent to an activating group) is 1. The fourth-order valence-electron chi connectivity index (χ4n) is 3.39. The molecule has 3 unspecified atom stereocenters. The van der Waals surface area contributed by atoms with Gasteiger partial charge in [-0.2, -0.15) is 0 Å². The van der Waals surface area contributed by atoms with Gasteiger partial charge in [-0.3, -0.25) is 9.69 Å². The van der Waals surface area contributed by atoms with E-state index in [0.717, 1.165) is 25.9 Å². The Bertz CT molecular complexity index is 491. The number of benzene rings is 1. The zero-order valence-corrected chi connectivity index (χ0v) is 14.9. The van der Waals surface area contributed by atoms with Crippen LogP contribution in [0.15, 0.2) is 30.3 Å². The third-order valence-corrected chi connectivity index (χ3v) is 4.87. The molecule has 0 spiro atoms. The van der Waals surface area contributed by atoms with E-state index in [1.807, 2.05) is 25.8 Å². The van der Waals surface area contributed by atoms with E-state index in [-0.39, 0.29) is 12.0 Å². The Labute approximate surface area is 140 Å². The maximum absolute atomic E-state index is 12.4. The van der Waals surface area contributed by atoms with Gasteiger partial charge in [0.1, 0.15) is 6.10 Å². The summed E-state index contributed by atoms with van der Waals surface area (Å²) in [4.78, 5) is 16.8. The lowest BCUT2D eigenvalue weighted by atomic mass is 9.96. The number of carbonyl (C=O) groups excluding carboxylic acids is 1. The maximum atomic E-state index is 12.4. The first kappa shape index (κ1) is 18.0. The first-order valence-corrected chi connectivity index (χ1v) is 8.69. The van der Waals surface area contributed by atoms with Gasteiger partial charge >= 0.3 is 0 Å². The van der Waals surface area contributed by atoms with Crippen LogP contribution in [0.5, 0.6) is 0 Å². The van der Waals surface area contributed by atoms with Crippen molar-refractivity contribution in [2.24, 2.45) is 0 Å². The van der Waals surface area contributed by atoms with Crippen LogP contribution in [0.3, 0.4) is 0 Å². The van der Waals surface area contributed by atoms with Crippen LogP contribution >= 0.6 is 0 Å². The van der Waals surface area contributed by atoms with Gasteiger partial charge in [-0.1, -0.05) is 30.3 Å². The molecule has 0 N–H and O–H groups in total. The third-order valence-electron chi connectivity index (χ3n) is 4.87. The molecule has 4 nitrogen and oxygen atoms in total. The number of rotatable bonds is 6. The monoisotopic (exact) mass is 318 g/mol. The van der Waals surface area contributed by atoms with Gasteiger partial charge in [-0.25, -0.2) is 0 Å². The van der Waals surface area contributed by atoms with Crippen molar-refractivity contribution in [2.45, 2.75) is 58.3 Å². The Kier molecular flexibility index (Phi) is 6.60. The lowest BCUT2D eigenvalue weighted by Gasteiger charge is -2.41. The summed E-state index contributed by atoms with van der Waals surface area (Å²) in [5.74, 6) is 0.0977. The summed E-state index contributed by atoms with van der Waals surface area (Å²) in [6.45, 7) is 8.62. The van der Waals surface area contributed by atoms with Crippen LogP contribution in [0, 0.1) is 0 Å². The number of carbonyl (C=O) groups is 1. The van der Waals surface area contributed by atoms with Crippen molar-refractivity contribution < 1.29 is 9.53 Å². The molecule has 1 aromatic carbocycles. The van der Waals surface area contributed by atoms with Crippen LogP contribution in [0.25, 0.3) is 0 Å². The lowest BCUT2D eigenvalue weighted by Crippen LogP contribution is -2.51. The molecule has 0 aliphatic carbocycles. The quantitative estimate of drug-likeness (QED) is 0.808. The molecular formula is C19H30N2O2. The predicted octanol–water partition coefficient (Wildman–Crippen LogP) is 2.92. The van der Waals surface area contributed by atoms with Crippen molar-refractivity contribution in [3.05, 3.63) is 35.9 Å². The minimum absolute atomic E-state index is 0.0977. The number of amides is 1. The molecule has 0 saturated carbocycles. The van der Waals surface area contributed by atoms with E-state index in [1.54, 1.807) is 0 Å². The summed E-state index contributed by atoms with van der Waals surface area (Å²) >= 11 is 0. The standard InChI is InChI=1S/C19H30N2O2/c1-5-23-16(3)19(22)20(4)18-11-12-21(15(2)13-18)14-17-9-7-6-8-10-17/h6-10,15-16,18H,5,11-14H2,1-4H3. The molecule has 0 radical (unpaired) electrons. The van der Waals surface area contributed by atoms with E-state index >= 15 is 0 Å². The Morgan fingerprint density at radius 3 is 2.70 bits per heavy atom. The van der Waals surface area contributed by atoms with Crippen molar-refractivity contribution in [3.8, 4) is 0 Å². The van der Waals surface area contributed by atoms with Gasteiger partial charge in [0.2, 0.25) is 0 Å². The van der Waals surface area contributed by atoms with E-state index < -0.39 is 0 Å². The summed E-state index contributed by atoms with van der Waals surface area (Å²) in [5, 5.41) is 0. The van der Waals surface area contributed by atoms with E-state index in [4.69, 9.17) is 4.74 Å². The van der Waals surface area contributed by atoms with Gasteiger partial charge in [0.05, 0.1) is 0 Å². The minimum atomic E-state index is -0.345. The highest BCUT2D eigenvalue weighted by molar-refractivity contribution is 5.80. The second-order valence-electron chi connectivity index (χ2n) is 6.53. The van der Waals surface area contributed by atoms with Crippen LogP contribution in [0.1, 0.15) is 39.2 Å². The normalized spacial score (nSPS) is 23.5. The second-order valence-corrected chi connectivity index (χ2v) is 6.53. The van der Waals surface area contributed by atoms with Crippen molar-refractivity contribution in [1.29, 1.82) is 0 Å². The first-order valence-electron chi connectivity index (χ1n) is 8.69. The third kappa shape index (κ3) is 4.79.